The van der Waals surface area contributed by atoms with Crippen LogP contribution in [-0.4, -0.2) is 42.5 Å². The maximum atomic E-state index is 13.0. The van der Waals surface area contributed by atoms with Crippen molar-refractivity contribution in [2.75, 3.05) is 24.6 Å². The van der Waals surface area contributed by atoms with Crippen LogP contribution < -0.4 is 9.64 Å². The van der Waals surface area contributed by atoms with E-state index in [1.807, 2.05) is 39.0 Å². The summed E-state index contributed by atoms with van der Waals surface area (Å²) in [6.45, 7) is 13.7. The Hall–Kier alpha value is -2.50. The summed E-state index contributed by atoms with van der Waals surface area (Å²) in [5, 5.41) is 11.5. The van der Waals surface area contributed by atoms with E-state index in [9.17, 15) is 9.90 Å². The van der Waals surface area contributed by atoms with Gasteiger partial charge in [0.1, 0.15) is 11.4 Å². The molecule has 2 aliphatic carbocycles. The first kappa shape index (κ1) is 27.1. The SMILES string of the molecule is C=CC(O)[C@@]1(C)CC[C@@H]1CN1C[C@@]2(CCCc3cc(Cl)ccc32)COc2ccc(C(=O)OC(C)(C)C)cc21. The highest BCUT2D eigenvalue weighted by Gasteiger charge is 2.49. The quantitative estimate of drug-likeness (QED) is 0.338. The van der Waals surface area contributed by atoms with Gasteiger partial charge in [-0.1, -0.05) is 30.7 Å². The number of anilines is 1. The molecule has 1 fully saturated rings. The van der Waals surface area contributed by atoms with Crippen LogP contribution >= 0.6 is 11.6 Å². The lowest BCUT2D eigenvalue weighted by molar-refractivity contribution is -0.0466. The fourth-order valence-electron chi connectivity index (χ4n) is 6.61. The predicted octanol–water partition coefficient (Wildman–Crippen LogP) is 6.73. The third-order valence-electron chi connectivity index (χ3n) is 8.98. The summed E-state index contributed by atoms with van der Waals surface area (Å²) in [6, 6.07) is 11.9. The van der Waals surface area contributed by atoms with Gasteiger partial charge in [-0.2, -0.15) is 0 Å². The maximum Gasteiger partial charge on any atom is 0.338 e. The van der Waals surface area contributed by atoms with Gasteiger partial charge >= 0.3 is 5.97 Å². The number of rotatable bonds is 5. The van der Waals surface area contributed by atoms with Gasteiger partial charge in [-0.15, -0.1) is 6.58 Å². The number of benzene rings is 2. The first-order valence-electron chi connectivity index (χ1n) is 13.8. The van der Waals surface area contributed by atoms with Crippen LogP contribution in [0.15, 0.2) is 49.1 Å². The van der Waals surface area contributed by atoms with Gasteiger partial charge in [-0.3, -0.25) is 0 Å². The topological polar surface area (TPSA) is 59.0 Å². The number of aliphatic hydroxyl groups is 1. The number of halogens is 1. The number of carbonyl (C=O) groups is 1. The molecule has 4 atom stereocenters. The van der Waals surface area contributed by atoms with Gasteiger partial charge < -0.3 is 19.5 Å². The van der Waals surface area contributed by atoms with E-state index in [2.05, 4.69) is 30.5 Å². The van der Waals surface area contributed by atoms with Crippen molar-refractivity contribution in [1.82, 2.24) is 0 Å². The van der Waals surface area contributed by atoms with E-state index in [1.165, 1.54) is 11.1 Å². The van der Waals surface area contributed by atoms with Gasteiger partial charge in [0, 0.05) is 28.9 Å². The van der Waals surface area contributed by atoms with Crippen LogP contribution in [0.1, 0.15) is 74.9 Å². The average Bonchev–Trinajstić information content (AvgIpc) is 3.01. The molecule has 1 spiro atoms. The van der Waals surface area contributed by atoms with Crippen molar-refractivity contribution >= 4 is 23.3 Å². The Morgan fingerprint density at radius 2 is 2.08 bits per heavy atom. The summed E-state index contributed by atoms with van der Waals surface area (Å²) in [6.07, 6.45) is 6.21. The molecule has 1 heterocycles. The van der Waals surface area contributed by atoms with E-state index in [1.54, 1.807) is 12.1 Å². The van der Waals surface area contributed by atoms with Crippen LogP contribution in [0.2, 0.25) is 5.02 Å². The van der Waals surface area contributed by atoms with Crippen LogP contribution in [0.3, 0.4) is 0 Å². The van der Waals surface area contributed by atoms with Crippen molar-refractivity contribution in [3.05, 3.63) is 70.8 Å². The number of carbonyl (C=O) groups excluding carboxylic acids is 1. The van der Waals surface area contributed by atoms with E-state index >= 15 is 0 Å². The Balaban J connectivity index is 1.55. The lowest BCUT2D eigenvalue weighted by Crippen LogP contribution is -2.53. The van der Waals surface area contributed by atoms with Gasteiger partial charge in [0.25, 0.3) is 0 Å². The minimum atomic E-state index is -0.578. The third kappa shape index (κ3) is 4.96. The normalized spacial score (nSPS) is 27.3. The van der Waals surface area contributed by atoms with Gasteiger partial charge in [-0.05, 0) is 100 Å². The van der Waals surface area contributed by atoms with Crippen molar-refractivity contribution in [2.45, 2.75) is 76.9 Å². The summed E-state index contributed by atoms with van der Waals surface area (Å²) in [5.41, 5.74) is 3.04. The lowest BCUT2D eigenvalue weighted by Gasteiger charge is -2.52. The first-order chi connectivity index (χ1) is 17.9. The Morgan fingerprint density at radius 3 is 2.76 bits per heavy atom. The molecule has 5 rings (SSSR count). The maximum absolute atomic E-state index is 13.0. The zero-order chi connectivity index (χ0) is 27.3. The summed E-state index contributed by atoms with van der Waals surface area (Å²) < 4.78 is 12.2. The largest absolute Gasteiger partial charge is 0.490 e. The van der Waals surface area contributed by atoms with Crippen LogP contribution in [0, 0.1) is 11.3 Å². The van der Waals surface area contributed by atoms with Crippen molar-refractivity contribution in [1.29, 1.82) is 0 Å². The second-order valence-electron chi connectivity index (χ2n) is 12.7. The number of hydrogen-bond acceptors (Lipinski definition) is 5. The van der Waals surface area contributed by atoms with Crippen molar-refractivity contribution in [3.63, 3.8) is 0 Å². The molecule has 0 amide bonds. The fraction of sp³-hybridized carbons (Fsp3) is 0.531. The van der Waals surface area contributed by atoms with Crippen molar-refractivity contribution in [2.24, 2.45) is 11.3 Å². The molecular weight excluding hydrogens is 498 g/mol. The molecule has 2 aromatic rings. The van der Waals surface area contributed by atoms with Gasteiger partial charge in [-0.25, -0.2) is 4.79 Å². The average molecular weight is 538 g/mol. The molecule has 204 valence electrons. The Bertz CT molecular complexity index is 1240. The van der Waals surface area contributed by atoms with Crippen molar-refractivity contribution in [3.8, 4) is 5.75 Å². The number of aliphatic hydroxyl groups excluding tert-OH is 1. The highest BCUT2D eigenvalue weighted by Crippen LogP contribution is 2.52. The molecule has 38 heavy (non-hydrogen) atoms. The summed E-state index contributed by atoms with van der Waals surface area (Å²) >= 11 is 6.38. The van der Waals surface area contributed by atoms with Crippen LogP contribution in [0.4, 0.5) is 5.69 Å². The Labute approximate surface area is 231 Å². The number of esters is 1. The molecule has 0 saturated heterocycles. The summed E-state index contributed by atoms with van der Waals surface area (Å²) in [4.78, 5) is 15.4. The predicted molar refractivity (Wildman–Crippen MR) is 152 cm³/mol. The molecule has 3 aliphatic rings. The molecule has 6 heteroatoms. The van der Waals surface area contributed by atoms with E-state index in [4.69, 9.17) is 21.1 Å². The first-order valence-corrected chi connectivity index (χ1v) is 14.2. The van der Waals surface area contributed by atoms with Gasteiger partial charge in [0.15, 0.2) is 0 Å². The Morgan fingerprint density at radius 1 is 1.29 bits per heavy atom. The number of ether oxygens (including phenoxy) is 2. The lowest BCUT2D eigenvalue weighted by atomic mass is 9.58. The standard InChI is InChI=1S/C32H40ClNO4/c1-6-28(35)31(5)15-13-23(31)18-34-19-32(14-7-8-21-16-24(33)10-11-25(21)32)20-37-27-12-9-22(17-26(27)34)29(36)38-30(2,3)4/h6,9-12,16-17,23,28,35H,1,7-8,13-15,18-20H2,2-5H3/t23-,28?,31+,32+/m1/s1. The zero-order valence-corrected chi connectivity index (χ0v) is 23.8. The number of hydrogen-bond donors (Lipinski definition) is 1. The molecule has 0 radical (unpaired) electrons. The number of nitrogens with zero attached hydrogens (tertiary/aromatic N) is 1. The second-order valence-corrected chi connectivity index (χ2v) is 13.1. The van der Waals surface area contributed by atoms with E-state index in [0.29, 0.717) is 12.2 Å². The molecule has 1 aliphatic heterocycles. The highest BCUT2D eigenvalue weighted by atomic mass is 35.5. The molecule has 1 saturated carbocycles. The smallest absolute Gasteiger partial charge is 0.338 e. The van der Waals surface area contributed by atoms with Gasteiger partial charge in [0.05, 0.1) is 24.0 Å². The highest BCUT2D eigenvalue weighted by molar-refractivity contribution is 6.30. The monoisotopic (exact) mass is 537 g/mol. The fourth-order valence-corrected chi connectivity index (χ4v) is 6.80. The summed E-state index contributed by atoms with van der Waals surface area (Å²) in [7, 11) is 0. The number of fused-ring (bicyclic) bond motifs is 3. The second kappa shape index (κ2) is 9.91. The molecule has 5 nitrogen and oxygen atoms in total. The van der Waals surface area contributed by atoms with E-state index < -0.39 is 11.7 Å². The summed E-state index contributed by atoms with van der Waals surface area (Å²) in [5.74, 6) is 0.727. The molecular formula is C32H40ClNO4. The molecule has 0 aromatic heterocycles. The number of aryl methyl sites for hydroxylation is 1. The van der Waals surface area contributed by atoms with E-state index in [-0.39, 0.29) is 22.7 Å². The van der Waals surface area contributed by atoms with Crippen LogP contribution in [0.25, 0.3) is 0 Å². The zero-order valence-electron chi connectivity index (χ0n) is 23.1. The van der Waals surface area contributed by atoms with Crippen molar-refractivity contribution < 1.29 is 19.4 Å². The molecule has 1 N–H and O–H groups in total. The van der Waals surface area contributed by atoms with Crippen LogP contribution in [0.5, 0.6) is 5.75 Å². The van der Waals surface area contributed by atoms with Gasteiger partial charge in [0.2, 0.25) is 0 Å². The molecule has 0 bridgehead atoms. The molecule has 1 unspecified atom stereocenters. The molecule has 2 aromatic carbocycles. The minimum absolute atomic E-state index is 0.194. The Kier molecular flexibility index (Phi) is 7.06. The third-order valence-corrected chi connectivity index (χ3v) is 9.21. The van der Waals surface area contributed by atoms with E-state index in [0.717, 1.165) is 61.7 Å². The minimum Gasteiger partial charge on any atom is -0.490 e. The van der Waals surface area contributed by atoms with Crippen LogP contribution in [-0.2, 0) is 16.6 Å².